The summed E-state index contributed by atoms with van der Waals surface area (Å²) in [6.07, 6.45) is -2.77. The number of nitrogens with one attached hydrogen (secondary N) is 1. The summed E-state index contributed by atoms with van der Waals surface area (Å²) in [5.41, 5.74) is -0.0975. The van der Waals surface area contributed by atoms with E-state index in [4.69, 9.17) is 0 Å². The maximum atomic E-state index is 12.5. The highest BCUT2D eigenvalue weighted by atomic mass is 32.2. The predicted molar refractivity (Wildman–Crippen MR) is 92.2 cm³/mol. The summed E-state index contributed by atoms with van der Waals surface area (Å²) in [4.78, 5) is 0.791. The molecule has 2 aromatic heterocycles. The maximum Gasteiger partial charge on any atom is 0.416 e. The first-order chi connectivity index (χ1) is 12.3. The Morgan fingerprint density at radius 2 is 1.85 bits per heavy atom. The molecule has 5 nitrogen and oxygen atoms in total. The van der Waals surface area contributed by atoms with E-state index in [2.05, 4.69) is 9.82 Å². The Morgan fingerprint density at radius 1 is 1.12 bits per heavy atom. The zero-order chi connectivity index (χ0) is 18.8. The zero-order valence-corrected chi connectivity index (χ0v) is 14.9. The fourth-order valence-electron chi connectivity index (χ4n) is 2.24. The van der Waals surface area contributed by atoms with Gasteiger partial charge in [0.05, 0.1) is 21.9 Å². The van der Waals surface area contributed by atoms with Crippen molar-refractivity contribution < 1.29 is 21.6 Å². The molecule has 0 spiro atoms. The summed E-state index contributed by atoms with van der Waals surface area (Å²) in [7, 11) is -3.89. The van der Waals surface area contributed by atoms with Gasteiger partial charge in [-0.2, -0.15) is 18.3 Å². The van der Waals surface area contributed by atoms with Crippen LogP contribution in [0.1, 0.15) is 5.56 Å². The molecule has 0 bridgehead atoms. The van der Waals surface area contributed by atoms with Crippen LogP contribution in [0, 0.1) is 0 Å². The van der Waals surface area contributed by atoms with Gasteiger partial charge < -0.3 is 0 Å². The first-order valence-corrected chi connectivity index (χ1v) is 9.86. The lowest BCUT2D eigenvalue weighted by Gasteiger charge is -2.09. The van der Waals surface area contributed by atoms with E-state index < -0.39 is 21.8 Å². The number of hydrogen-bond donors (Lipinski definition) is 1. The number of aromatic nitrogens is 2. The third kappa shape index (κ3) is 4.32. The molecule has 0 fully saturated rings. The van der Waals surface area contributed by atoms with Crippen molar-refractivity contribution in [3.63, 3.8) is 0 Å². The number of sulfonamides is 1. The molecule has 1 N–H and O–H groups in total. The van der Waals surface area contributed by atoms with Gasteiger partial charge in [-0.25, -0.2) is 13.1 Å². The minimum Gasteiger partial charge on any atom is -0.271 e. The number of benzene rings is 1. The summed E-state index contributed by atoms with van der Waals surface area (Å²) in [5, 5.41) is 6.29. The van der Waals surface area contributed by atoms with Crippen LogP contribution in [0.3, 0.4) is 0 Å². The number of halogens is 3. The third-order valence-electron chi connectivity index (χ3n) is 3.54. The average Bonchev–Trinajstić information content (AvgIpc) is 3.25. The Balaban J connectivity index is 1.60. The van der Waals surface area contributed by atoms with Crippen LogP contribution in [0.4, 0.5) is 13.2 Å². The van der Waals surface area contributed by atoms with Crippen LogP contribution in [-0.4, -0.2) is 24.7 Å². The molecule has 0 unspecified atom stereocenters. The van der Waals surface area contributed by atoms with Crippen molar-refractivity contribution in [3.8, 4) is 10.6 Å². The summed E-state index contributed by atoms with van der Waals surface area (Å²) < 4.78 is 65.9. The second-order valence-corrected chi connectivity index (χ2v) is 8.08. The molecule has 2 heterocycles. The molecule has 26 heavy (non-hydrogen) atoms. The largest absolute Gasteiger partial charge is 0.416 e. The van der Waals surface area contributed by atoms with Crippen molar-refractivity contribution in [1.29, 1.82) is 0 Å². The molecule has 3 aromatic rings. The van der Waals surface area contributed by atoms with Crippen molar-refractivity contribution >= 4 is 21.4 Å². The van der Waals surface area contributed by atoms with E-state index in [0.717, 1.165) is 34.8 Å². The molecule has 0 saturated carbocycles. The lowest BCUT2D eigenvalue weighted by Crippen LogP contribution is -2.27. The van der Waals surface area contributed by atoms with Gasteiger partial charge in [-0.3, -0.25) is 4.68 Å². The quantitative estimate of drug-likeness (QED) is 0.686. The molecular weight excluding hydrogens is 387 g/mol. The topological polar surface area (TPSA) is 64.0 Å². The van der Waals surface area contributed by atoms with Crippen molar-refractivity contribution in [2.75, 3.05) is 6.54 Å². The molecule has 0 radical (unpaired) electrons. The monoisotopic (exact) mass is 401 g/mol. The molecular formula is C16H14F3N3O2S2. The molecule has 10 heteroatoms. The first-order valence-electron chi connectivity index (χ1n) is 7.50. The van der Waals surface area contributed by atoms with Crippen LogP contribution in [0.25, 0.3) is 10.6 Å². The van der Waals surface area contributed by atoms with E-state index in [9.17, 15) is 21.6 Å². The number of nitrogens with zero attached hydrogens (tertiary/aromatic N) is 2. The highest BCUT2D eigenvalue weighted by Crippen LogP contribution is 2.29. The van der Waals surface area contributed by atoms with Gasteiger partial charge in [0.15, 0.2) is 0 Å². The molecule has 0 atom stereocenters. The van der Waals surface area contributed by atoms with E-state index in [0.29, 0.717) is 6.54 Å². The van der Waals surface area contributed by atoms with Crippen LogP contribution >= 0.6 is 11.3 Å². The summed E-state index contributed by atoms with van der Waals surface area (Å²) in [6.45, 7) is 0.361. The molecule has 1 aromatic carbocycles. The van der Waals surface area contributed by atoms with Crippen molar-refractivity contribution in [1.82, 2.24) is 14.5 Å². The molecule has 0 aliphatic rings. The number of alkyl halides is 3. The van der Waals surface area contributed by atoms with Crippen molar-refractivity contribution in [2.45, 2.75) is 17.6 Å². The lowest BCUT2D eigenvalue weighted by molar-refractivity contribution is -0.137. The van der Waals surface area contributed by atoms with Gasteiger partial charge in [0, 0.05) is 12.7 Å². The highest BCUT2D eigenvalue weighted by molar-refractivity contribution is 7.89. The molecule has 0 aliphatic carbocycles. The SMILES string of the molecule is O=S(=O)(NCCn1ccc(-c2cccs2)n1)c1ccc(C(F)(F)F)cc1. The van der Waals surface area contributed by atoms with Gasteiger partial charge in [-0.05, 0) is 41.8 Å². The third-order valence-corrected chi connectivity index (χ3v) is 5.91. The van der Waals surface area contributed by atoms with E-state index in [1.54, 1.807) is 22.2 Å². The predicted octanol–water partition coefficient (Wildman–Crippen LogP) is 3.61. The normalized spacial score (nSPS) is 12.4. The Bertz CT molecular complexity index is 963. The van der Waals surface area contributed by atoms with Crippen LogP contribution in [0.2, 0.25) is 0 Å². The highest BCUT2D eigenvalue weighted by Gasteiger charge is 2.30. The molecule has 138 valence electrons. The number of rotatable bonds is 6. The molecule has 0 aliphatic heterocycles. The lowest BCUT2D eigenvalue weighted by atomic mass is 10.2. The molecule has 3 rings (SSSR count). The Morgan fingerprint density at radius 3 is 2.46 bits per heavy atom. The Labute approximate surface area is 152 Å². The van der Waals surface area contributed by atoms with Crippen LogP contribution in [0.15, 0.2) is 58.9 Å². The van der Waals surface area contributed by atoms with Crippen molar-refractivity contribution in [2.24, 2.45) is 0 Å². The average molecular weight is 401 g/mol. The summed E-state index contributed by atoms with van der Waals surface area (Å²) in [5.74, 6) is 0. The second-order valence-electron chi connectivity index (χ2n) is 5.36. The van der Waals surface area contributed by atoms with Crippen LogP contribution in [-0.2, 0) is 22.7 Å². The zero-order valence-electron chi connectivity index (χ0n) is 13.3. The standard InChI is InChI=1S/C16H14F3N3O2S2/c17-16(18,19)12-3-5-13(6-4-12)26(23,24)20-8-10-22-9-7-14(21-22)15-2-1-11-25-15/h1-7,9,11,20H,8,10H2. The van der Waals surface area contributed by atoms with Crippen molar-refractivity contribution in [3.05, 3.63) is 59.6 Å². The van der Waals surface area contributed by atoms with Gasteiger partial charge in [0.2, 0.25) is 10.0 Å². The molecule has 0 amide bonds. The van der Waals surface area contributed by atoms with Gasteiger partial charge in [0.25, 0.3) is 0 Å². The van der Waals surface area contributed by atoms with E-state index in [1.165, 1.54) is 0 Å². The minimum atomic E-state index is -4.50. The van der Waals surface area contributed by atoms with Crippen LogP contribution in [0.5, 0.6) is 0 Å². The minimum absolute atomic E-state index is 0.0644. The number of thiophene rings is 1. The molecule has 0 saturated heterocycles. The van der Waals surface area contributed by atoms with E-state index >= 15 is 0 Å². The summed E-state index contributed by atoms with van der Waals surface area (Å²) >= 11 is 1.55. The first kappa shape index (κ1) is 18.6. The Hall–Kier alpha value is -2.17. The smallest absolute Gasteiger partial charge is 0.271 e. The second kappa shape index (κ2) is 7.22. The fourth-order valence-corrected chi connectivity index (χ4v) is 3.95. The Kier molecular flexibility index (Phi) is 5.17. The fraction of sp³-hybridized carbons (Fsp3) is 0.188. The van der Waals surface area contributed by atoms with E-state index in [1.807, 2.05) is 23.6 Å². The van der Waals surface area contributed by atoms with Crippen LogP contribution < -0.4 is 4.72 Å². The van der Waals surface area contributed by atoms with E-state index in [-0.39, 0.29) is 11.4 Å². The summed E-state index contributed by atoms with van der Waals surface area (Å²) in [6, 6.07) is 9.05. The van der Waals surface area contributed by atoms with Gasteiger partial charge in [-0.15, -0.1) is 11.3 Å². The van der Waals surface area contributed by atoms with Gasteiger partial charge >= 0.3 is 6.18 Å². The van der Waals surface area contributed by atoms with Gasteiger partial charge in [-0.1, -0.05) is 6.07 Å². The number of hydrogen-bond acceptors (Lipinski definition) is 4. The van der Waals surface area contributed by atoms with Gasteiger partial charge in [0.1, 0.15) is 5.69 Å². The maximum absolute atomic E-state index is 12.5.